The van der Waals surface area contributed by atoms with Gasteiger partial charge in [-0.2, -0.15) is 16.8 Å². The zero-order chi connectivity index (χ0) is 34.3. The van der Waals surface area contributed by atoms with Crippen LogP contribution in [0.4, 0.5) is 0 Å². The molecule has 1 aliphatic rings. The number of nitrogens with two attached hydrogens (primary N) is 1. The first-order valence-corrected chi connectivity index (χ1v) is 17.2. The predicted molar refractivity (Wildman–Crippen MR) is 183 cm³/mol. The summed E-state index contributed by atoms with van der Waals surface area (Å²) in [5.41, 5.74) is 4.85. The summed E-state index contributed by atoms with van der Waals surface area (Å²) >= 11 is 1.87. The van der Waals surface area contributed by atoms with Crippen LogP contribution in [0.25, 0.3) is 0 Å². The van der Waals surface area contributed by atoms with E-state index in [2.05, 4.69) is 38.0 Å². The number of thioether (sulfide) groups is 1. The molecule has 1 aliphatic heterocycles. The Hall–Kier alpha value is -1.95. The van der Waals surface area contributed by atoms with E-state index in [4.69, 9.17) is 15.7 Å². The molecule has 1 fully saturated rings. The highest BCUT2D eigenvalue weighted by molar-refractivity contribution is 7.99. The van der Waals surface area contributed by atoms with Crippen molar-refractivity contribution in [2.45, 2.75) is 132 Å². The molecule has 0 aromatic heterocycles. The molecule has 11 heteroatoms. The van der Waals surface area contributed by atoms with Crippen LogP contribution in [-0.4, -0.2) is 78.6 Å². The molecule has 0 aromatic carbocycles. The number of carbonyl (C=O) groups excluding carboxylic acids is 4. The van der Waals surface area contributed by atoms with Gasteiger partial charge in [-0.1, -0.05) is 87.7 Å². The molecular formula is C32H68N4O6S. The van der Waals surface area contributed by atoms with E-state index >= 15 is 0 Å². The van der Waals surface area contributed by atoms with E-state index in [0.717, 1.165) is 56.8 Å². The second-order valence-corrected chi connectivity index (χ2v) is 10.4. The number of unbranched alkanes of at least 4 members (excludes halogenated alkanes) is 4. The third-order valence-corrected chi connectivity index (χ3v) is 6.91. The Morgan fingerprint density at radius 3 is 1.98 bits per heavy atom. The smallest absolute Gasteiger partial charge is 0.253 e. The highest BCUT2D eigenvalue weighted by Gasteiger charge is 2.25. The SMILES string of the molecule is C=COCCCCCC.CC.CCCC(=O)N(O)C=O.CCCCC(=O)C(C)CC.CCN.CNC1CSCC1NC=O. The Balaban J connectivity index is -0.000000142. The second-order valence-electron chi connectivity index (χ2n) is 9.30. The highest BCUT2D eigenvalue weighted by atomic mass is 32.2. The van der Waals surface area contributed by atoms with Crippen molar-refractivity contribution >= 4 is 36.3 Å². The number of amides is 3. The first kappa shape index (κ1) is 50.7. The van der Waals surface area contributed by atoms with E-state index in [9.17, 15) is 19.2 Å². The van der Waals surface area contributed by atoms with E-state index in [-0.39, 0.29) is 23.8 Å². The minimum Gasteiger partial charge on any atom is -0.502 e. The van der Waals surface area contributed by atoms with E-state index < -0.39 is 5.91 Å². The van der Waals surface area contributed by atoms with Gasteiger partial charge in [0.05, 0.1) is 18.9 Å². The van der Waals surface area contributed by atoms with Crippen molar-refractivity contribution in [3.63, 3.8) is 0 Å². The number of nitrogens with one attached hydrogen (secondary N) is 2. The van der Waals surface area contributed by atoms with Gasteiger partial charge in [0.1, 0.15) is 5.78 Å². The van der Waals surface area contributed by atoms with Gasteiger partial charge in [0.25, 0.3) is 5.91 Å². The van der Waals surface area contributed by atoms with E-state index in [1.54, 1.807) is 6.92 Å². The molecule has 0 aliphatic carbocycles. The Bertz CT molecular complexity index is 614. The number of ether oxygens (including phenoxy) is 1. The molecule has 1 saturated heterocycles. The van der Waals surface area contributed by atoms with Crippen LogP contribution in [0.3, 0.4) is 0 Å². The molecule has 0 bridgehead atoms. The largest absolute Gasteiger partial charge is 0.502 e. The molecule has 258 valence electrons. The lowest BCUT2D eigenvalue weighted by molar-refractivity contribution is -0.170. The molecule has 3 amide bonds. The topological polar surface area (TPSA) is 151 Å². The maximum atomic E-state index is 11.1. The maximum Gasteiger partial charge on any atom is 0.253 e. The number of hydroxylamine groups is 2. The zero-order valence-electron chi connectivity index (χ0n) is 29.0. The number of Topliss-reactive ketones (excluding diaryl/α,β-unsaturated/α-hetero) is 1. The van der Waals surface area contributed by atoms with Crippen LogP contribution in [0.1, 0.15) is 120 Å². The fourth-order valence-corrected chi connectivity index (χ4v) is 4.37. The van der Waals surface area contributed by atoms with Gasteiger partial charge in [0, 0.05) is 36.3 Å². The lowest BCUT2D eigenvalue weighted by Gasteiger charge is -2.16. The summed E-state index contributed by atoms with van der Waals surface area (Å²) in [6.07, 6.45) is 12.2. The normalized spacial score (nSPS) is 14.8. The number of likely N-dealkylation sites (N-methyl/N-ethyl adjacent to an activating group) is 1. The van der Waals surface area contributed by atoms with Crippen LogP contribution < -0.4 is 16.4 Å². The van der Waals surface area contributed by atoms with Crippen LogP contribution in [0, 0.1) is 5.92 Å². The molecule has 0 spiro atoms. The molecule has 1 rings (SSSR count). The number of ketones is 1. The first-order chi connectivity index (χ1) is 20.6. The summed E-state index contributed by atoms with van der Waals surface area (Å²) in [5.74, 6) is 2.29. The molecule has 0 saturated carbocycles. The van der Waals surface area contributed by atoms with Crippen molar-refractivity contribution in [1.29, 1.82) is 0 Å². The van der Waals surface area contributed by atoms with Crippen molar-refractivity contribution < 1.29 is 29.1 Å². The molecule has 1 heterocycles. The van der Waals surface area contributed by atoms with Crippen molar-refractivity contribution in [3.05, 3.63) is 12.8 Å². The highest BCUT2D eigenvalue weighted by Crippen LogP contribution is 2.17. The lowest BCUT2D eigenvalue weighted by atomic mass is 9.99. The number of hydrogen-bond acceptors (Lipinski definition) is 9. The number of hydrogen-bond donors (Lipinski definition) is 4. The third kappa shape index (κ3) is 40.0. The van der Waals surface area contributed by atoms with Gasteiger partial charge in [0.15, 0.2) is 0 Å². The Morgan fingerprint density at radius 1 is 1.00 bits per heavy atom. The number of imide groups is 1. The van der Waals surface area contributed by atoms with Gasteiger partial charge >= 0.3 is 0 Å². The van der Waals surface area contributed by atoms with Crippen LogP contribution in [0.5, 0.6) is 0 Å². The quantitative estimate of drug-likeness (QED) is 0.0488. The van der Waals surface area contributed by atoms with Crippen LogP contribution >= 0.6 is 11.8 Å². The summed E-state index contributed by atoms with van der Waals surface area (Å²) in [5, 5.41) is 14.4. The molecule has 0 radical (unpaired) electrons. The van der Waals surface area contributed by atoms with E-state index in [1.807, 2.05) is 46.5 Å². The third-order valence-electron chi connectivity index (χ3n) is 5.73. The number of nitrogens with zero attached hydrogens (tertiary/aromatic N) is 1. The van der Waals surface area contributed by atoms with Crippen LogP contribution in [-0.2, 0) is 23.9 Å². The fraction of sp³-hybridized carbons (Fsp3) is 0.812. The molecule has 43 heavy (non-hydrogen) atoms. The molecule has 3 atom stereocenters. The van der Waals surface area contributed by atoms with E-state index in [1.165, 1.54) is 31.9 Å². The summed E-state index contributed by atoms with van der Waals surface area (Å²) in [6.45, 7) is 21.1. The summed E-state index contributed by atoms with van der Waals surface area (Å²) in [4.78, 5) is 41.3. The van der Waals surface area contributed by atoms with Gasteiger partial charge in [-0.15, -0.1) is 0 Å². The van der Waals surface area contributed by atoms with Crippen LogP contribution in [0.2, 0.25) is 0 Å². The molecule has 3 unspecified atom stereocenters. The maximum absolute atomic E-state index is 11.1. The Labute approximate surface area is 268 Å². The van der Waals surface area contributed by atoms with Crippen molar-refractivity contribution in [3.8, 4) is 0 Å². The Kier molecular flexibility index (Phi) is 52.4. The molecule has 10 nitrogen and oxygen atoms in total. The van der Waals surface area contributed by atoms with E-state index in [0.29, 0.717) is 24.3 Å². The molecule has 5 N–H and O–H groups in total. The van der Waals surface area contributed by atoms with Crippen molar-refractivity contribution in [2.24, 2.45) is 11.7 Å². The summed E-state index contributed by atoms with van der Waals surface area (Å²) in [6, 6.07) is 0.780. The fourth-order valence-electron chi connectivity index (χ4n) is 3.00. The van der Waals surface area contributed by atoms with Crippen LogP contribution in [0.15, 0.2) is 12.8 Å². The minimum atomic E-state index is -0.562. The minimum absolute atomic E-state index is 0.0590. The summed E-state index contributed by atoms with van der Waals surface area (Å²) in [7, 11) is 1.93. The van der Waals surface area contributed by atoms with Gasteiger partial charge in [-0.25, -0.2) is 0 Å². The number of carbonyl (C=O) groups is 4. The van der Waals surface area contributed by atoms with Gasteiger partial charge in [-0.3, -0.25) is 24.4 Å². The Morgan fingerprint density at radius 2 is 1.56 bits per heavy atom. The molecule has 0 aromatic rings. The van der Waals surface area contributed by atoms with Gasteiger partial charge in [-0.05, 0) is 39.3 Å². The lowest BCUT2D eigenvalue weighted by Crippen LogP contribution is -2.45. The summed E-state index contributed by atoms with van der Waals surface area (Å²) < 4.78 is 4.94. The second kappa shape index (κ2) is 44.5. The first-order valence-electron chi connectivity index (χ1n) is 16.0. The average molecular weight is 637 g/mol. The predicted octanol–water partition coefficient (Wildman–Crippen LogP) is 6.11. The van der Waals surface area contributed by atoms with Gasteiger partial charge < -0.3 is 21.1 Å². The van der Waals surface area contributed by atoms with Crippen molar-refractivity contribution in [1.82, 2.24) is 15.7 Å². The monoisotopic (exact) mass is 636 g/mol. The van der Waals surface area contributed by atoms with Crippen molar-refractivity contribution in [2.75, 3.05) is 31.7 Å². The van der Waals surface area contributed by atoms with Gasteiger partial charge in [0.2, 0.25) is 12.8 Å². The molecular weight excluding hydrogens is 568 g/mol. The zero-order valence-corrected chi connectivity index (χ0v) is 29.8. The standard InChI is InChI=1S/C9H18O.C8H16O.C6H12N2OS.C5H9NO3.C2H7N.C2H6/c1-4-6-7-9(10)8(3)5-2;1-3-5-6-7-8-9-4-2;1-7-5-2-10-3-6(5)8-4-9;1-2-3-5(8)6(9)4-7;1-2-3;1-2/h8H,4-7H2,1-3H3;4H,2-3,5-8H2,1H3;4-7H,2-3H2,1H3,(H,8,9);4,9H,2-3H2,1H3;2-3H2,1H3;1-2H3. The average Bonchev–Trinajstić information content (AvgIpc) is 3.49. The number of rotatable bonds is 17.